The molecule has 2 saturated heterocycles. The van der Waals surface area contributed by atoms with Crippen molar-refractivity contribution in [2.24, 2.45) is 5.92 Å². The summed E-state index contributed by atoms with van der Waals surface area (Å²) in [5, 5.41) is 3.12. The Labute approximate surface area is 134 Å². The molecule has 2 unspecified atom stereocenters. The van der Waals surface area contributed by atoms with Crippen LogP contribution in [0.2, 0.25) is 0 Å². The first kappa shape index (κ1) is 14.9. The number of halogens is 1. The van der Waals surface area contributed by atoms with Gasteiger partial charge in [-0.3, -0.25) is 9.69 Å². The number of carbonyl (C=O) groups is 1. The highest BCUT2D eigenvalue weighted by atomic mass is 79.9. The Hall–Kier alpha value is -1.07. The molecule has 1 N–H and O–H groups in total. The van der Waals surface area contributed by atoms with Crippen LogP contribution in [-0.2, 0) is 4.79 Å². The number of rotatable bonds is 4. The third kappa shape index (κ3) is 3.98. The molecular formula is C16H21BrN2O2. The minimum Gasteiger partial charge on any atom is -0.492 e. The predicted molar refractivity (Wildman–Crippen MR) is 85.3 cm³/mol. The van der Waals surface area contributed by atoms with E-state index < -0.39 is 0 Å². The summed E-state index contributed by atoms with van der Waals surface area (Å²) in [6.45, 7) is 3.78. The standard InChI is InChI=1S/C16H21BrN2O2/c17-13-2-1-3-14(10-13)21-9-8-19-7-6-15-12(11-19)4-5-16(20)18-15/h1-3,10,12,15H,4-9,11H2,(H,18,20). The summed E-state index contributed by atoms with van der Waals surface area (Å²) in [5.41, 5.74) is 0. The first-order chi connectivity index (χ1) is 10.2. The van der Waals surface area contributed by atoms with Gasteiger partial charge in [-0.15, -0.1) is 0 Å². The van der Waals surface area contributed by atoms with Crippen LogP contribution in [-0.4, -0.2) is 43.1 Å². The number of likely N-dealkylation sites (tertiary alicyclic amines) is 1. The second-order valence-electron chi connectivity index (χ2n) is 5.87. The molecule has 2 fully saturated rings. The molecule has 0 spiro atoms. The van der Waals surface area contributed by atoms with Crippen molar-refractivity contribution in [2.45, 2.75) is 25.3 Å². The van der Waals surface area contributed by atoms with Crippen LogP contribution >= 0.6 is 15.9 Å². The number of hydrogen-bond acceptors (Lipinski definition) is 3. The summed E-state index contributed by atoms with van der Waals surface area (Å²) in [6.07, 6.45) is 2.77. The van der Waals surface area contributed by atoms with E-state index in [0.717, 1.165) is 42.7 Å². The van der Waals surface area contributed by atoms with Gasteiger partial charge in [-0.25, -0.2) is 0 Å². The van der Waals surface area contributed by atoms with Crippen molar-refractivity contribution in [1.82, 2.24) is 10.2 Å². The number of benzene rings is 1. The highest BCUT2D eigenvalue weighted by molar-refractivity contribution is 9.10. The van der Waals surface area contributed by atoms with E-state index in [2.05, 4.69) is 26.1 Å². The zero-order chi connectivity index (χ0) is 14.7. The fraction of sp³-hybridized carbons (Fsp3) is 0.562. The number of nitrogens with one attached hydrogen (secondary N) is 1. The van der Waals surface area contributed by atoms with Crippen molar-refractivity contribution in [3.05, 3.63) is 28.7 Å². The molecule has 2 atom stereocenters. The molecule has 1 aromatic carbocycles. The van der Waals surface area contributed by atoms with Gasteiger partial charge in [-0.1, -0.05) is 22.0 Å². The van der Waals surface area contributed by atoms with Crippen molar-refractivity contribution in [2.75, 3.05) is 26.2 Å². The topological polar surface area (TPSA) is 41.6 Å². The number of ether oxygens (including phenoxy) is 1. The molecule has 1 aromatic rings. The molecule has 0 saturated carbocycles. The molecular weight excluding hydrogens is 332 g/mol. The predicted octanol–water partition coefficient (Wildman–Crippen LogP) is 2.43. The lowest BCUT2D eigenvalue weighted by atomic mass is 9.85. The van der Waals surface area contributed by atoms with E-state index >= 15 is 0 Å². The SMILES string of the molecule is O=C1CCC2CN(CCOc3cccc(Br)c3)CCC2N1. The maximum absolute atomic E-state index is 11.4. The average Bonchev–Trinajstić information content (AvgIpc) is 2.47. The summed E-state index contributed by atoms with van der Waals surface area (Å²) in [4.78, 5) is 13.9. The normalized spacial score (nSPS) is 26.0. The summed E-state index contributed by atoms with van der Waals surface area (Å²) in [7, 11) is 0. The summed E-state index contributed by atoms with van der Waals surface area (Å²) in [6, 6.07) is 8.34. The molecule has 1 amide bonds. The third-order valence-electron chi connectivity index (χ3n) is 4.38. The van der Waals surface area contributed by atoms with Crippen molar-refractivity contribution in [3.63, 3.8) is 0 Å². The second kappa shape index (κ2) is 6.79. The number of amides is 1. The Bertz CT molecular complexity index is 509. The van der Waals surface area contributed by atoms with Crippen LogP contribution < -0.4 is 10.1 Å². The molecule has 2 aliphatic rings. The smallest absolute Gasteiger partial charge is 0.220 e. The van der Waals surface area contributed by atoms with E-state index in [1.54, 1.807) is 0 Å². The van der Waals surface area contributed by atoms with E-state index in [4.69, 9.17) is 4.74 Å². The molecule has 2 heterocycles. The third-order valence-corrected chi connectivity index (χ3v) is 4.87. The maximum atomic E-state index is 11.4. The van der Waals surface area contributed by atoms with Gasteiger partial charge in [0.15, 0.2) is 0 Å². The highest BCUT2D eigenvalue weighted by Gasteiger charge is 2.33. The van der Waals surface area contributed by atoms with Gasteiger partial charge >= 0.3 is 0 Å². The average molecular weight is 353 g/mol. The van der Waals surface area contributed by atoms with Crippen LogP contribution in [0.3, 0.4) is 0 Å². The number of fused-ring (bicyclic) bond motifs is 1. The Morgan fingerprint density at radius 2 is 2.29 bits per heavy atom. The Balaban J connectivity index is 1.43. The maximum Gasteiger partial charge on any atom is 0.220 e. The zero-order valence-electron chi connectivity index (χ0n) is 12.1. The van der Waals surface area contributed by atoms with Crippen molar-refractivity contribution < 1.29 is 9.53 Å². The van der Waals surface area contributed by atoms with Gasteiger partial charge in [-0.05, 0) is 37.0 Å². The van der Waals surface area contributed by atoms with E-state index in [-0.39, 0.29) is 5.91 Å². The van der Waals surface area contributed by atoms with Gasteiger partial charge in [0.25, 0.3) is 0 Å². The summed E-state index contributed by atoms with van der Waals surface area (Å²) < 4.78 is 6.84. The van der Waals surface area contributed by atoms with Crippen LogP contribution in [0.25, 0.3) is 0 Å². The number of hydrogen-bond donors (Lipinski definition) is 1. The zero-order valence-corrected chi connectivity index (χ0v) is 13.6. The molecule has 3 rings (SSSR count). The number of carbonyl (C=O) groups excluding carboxylic acids is 1. The van der Waals surface area contributed by atoms with Gasteiger partial charge in [0.1, 0.15) is 12.4 Å². The van der Waals surface area contributed by atoms with E-state index in [1.165, 1.54) is 0 Å². The van der Waals surface area contributed by atoms with Crippen LogP contribution in [0, 0.1) is 5.92 Å². The first-order valence-corrected chi connectivity index (χ1v) is 8.40. The molecule has 4 nitrogen and oxygen atoms in total. The van der Waals surface area contributed by atoms with Crippen molar-refractivity contribution in [1.29, 1.82) is 0 Å². The largest absolute Gasteiger partial charge is 0.492 e. The van der Waals surface area contributed by atoms with Gasteiger partial charge in [0, 0.05) is 36.6 Å². The molecule has 2 aliphatic heterocycles. The highest BCUT2D eigenvalue weighted by Crippen LogP contribution is 2.25. The van der Waals surface area contributed by atoms with E-state index in [1.807, 2.05) is 24.3 Å². The van der Waals surface area contributed by atoms with Crippen molar-refractivity contribution in [3.8, 4) is 5.75 Å². The van der Waals surface area contributed by atoms with E-state index in [0.29, 0.717) is 25.0 Å². The van der Waals surface area contributed by atoms with Crippen LogP contribution in [0.4, 0.5) is 0 Å². The fourth-order valence-electron chi connectivity index (χ4n) is 3.24. The fourth-order valence-corrected chi connectivity index (χ4v) is 3.62. The molecule has 0 aliphatic carbocycles. The monoisotopic (exact) mass is 352 g/mol. The van der Waals surface area contributed by atoms with Crippen molar-refractivity contribution >= 4 is 21.8 Å². The molecule has 5 heteroatoms. The lowest BCUT2D eigenvalue weighted by Gasteiger charge is -2.41. The van der Waals surface area contributed by atoms with Gasteiger partial charge in [0.05, 0.1) is 0 Å². The van der Waals surface area contributed by atoms with Gasteiger partial charge in [-0.2, -0.15) is 0 Å². The molecule has 0 radical (unpaired) electrons. The summed E-state index contributed by atoms with van der Waals surface area (Å²) in [5.74, 6) is 1.74. The lowest BCUT2D eigenvalue weighted by Crippen LogP contribution is -2.54. The van der Waals surface area contributed by atoms with E-state index in [9.17, 15) is 4.79 Å². The minimum absolute atomic E-state index is 0.225. The quantitative estimate of drug-likeness (QED) is 0.904. The minimum atomic E-state index is 0.225. The Morgan fingerprint density at radius 1 is 1.38 bits per heavy atom. The molecule has 0 aromatic heterocycles. The molecule has 21 heavy (non-hydrogen) atoms. The molecule has 114 valence electrons. The van der Waals surface area contributed by atoms with Crippen LogP contribution in [0.1, 0.15) is 19.3 Å². The second-order valence-corrected chi connectivity index (χ2v) is 6.78. The Morgan fingerprint density at radius 3 is 3.14 bits per heavy atom. The molecule has 0 bridgehead atoms. The van der Waals surface area contributed by atoms with Gasteiger partial charge in [0.2, 0.25) is 5.91 Å². The lowest BCUT2D eigenvalue weighted by molar-refractivity contribution is -0.125. The van der Waals surface area contributed by atoms with Gasteiger partial charge < -0.3 is 10.1 Å². The summed E-state index contributed by atoms with van der Waals surface area (Å²) >= 11 is 3.45. The van der Waals surface area contributed by atoms with Crippen LogP contribution in [0.5, 0.6) is 5.75 Å². The first-order valence-electron chi connectivity index (χ1n) is 7.61. The van der Waals surface area contributed by atoms with Crippen LogP contribution in [0.15, 0.2) is 28.7 Å². The number of nitrogens with zero attached hydrogens (tertiary/aromatic N) is 1. The number of piperidine rings is 2. The Kier molecular flexibility index (Phi) is 4.80.